The molecular weight excluding hydrogens is 320 g/mol. The van der Waals surface area contributed by atoms with Gasteiger partial charge in [0, 0.05) is 19.1 Å². The van der Waals surface area contributed by atoms with E-state index in [1.807, 2.05) is 20.8 Å². The standard InChI is InChI=1S/C15H24N2O3S2/c1-11(2)12(3)16-15(18)14-13(7-10-21-14)22(19,20)17-8-5-4-6-9-17/h7,10-12H,4-6,8-9H2,1-3H3,(H,16,18). The highest BCUT2D eigenvalue weighted by Crippen LogP contribution is 2.27. The minimum atomic E-state index is -3.57. The summed E-state index contributed by atoms with van der Waals surface area (Å²) in [5, 5.41) is 4.56. The van der Waals surface area contributed by atoms with Crippen molar-refractivity contribution in [3.05, 3.63) is 16.3 Å². The average molecular weight is 345 g/mol. The molecule has 1 aliphatic rings. The lowest BCUT2D eigenvalue weighted by Crippen LogP contribution is -2.38. The van der Waals surface area contributed by atoms with Gasteiger partial charge in [-0.1, -0.05) is 20.3 Å². The molecule has 1 aromatic rings. The van der Waals surface area contributed by atoms with Gasteiger partial charge in [-0.25, -0.2) is 8.42 Å². The number of carbonyl (C=O) groups is 1. The van der Waals surface area contributed by atoms with Crippen molar-refractivity contribution in [3.8, 4) is 0 Å². The Hall–Kier alpha value is -0.920. The molecule has 22 heavy (non-hydrogen) atoms. The SMILES string of the molecule is CC(C)C(C)NC(=O)c1sccc1S(=O)(=O)N1CCCCC1. The summed E-state index contributed by atoms with van der Waals surface area (Å²) >= 11 is 1.18. The third-order valence-electron chi connectivity index (χ3n) is 4.13. The summed E-state index contributed by atoms with van der Waals surface area (Å²) in [6.45, 7) is 7.05. The van der Waals surface area contributed by atoms with Gasteiger partial charge in [-0.3, -0.25) is 4.79 Å². The topological polar surface area (TPSA) is 66.5 Å². The lowest BCUT2D eigenvalue weighted by Gasteiger charge is -2.26. The molecule has 124 valence electrons. The summed E-state index contributed by atoms with van der Waals surface area (Å²) < 4.78 is 27.0. The average Bonchev–Trinajstić information content (AvgIpc) is 2.98. The molecule has 0 spiro atoms. The Kier molecular flexibility index (Phi) is 5.63. The predicted molar refractivity (Wildman–Crippen MR) is 88.7 cm³/mol. The van der Waals surface area contributed by atoms with Crippen molar-refractivity contribution >= 4 is 27.3 Å². The molecular formula is C15H24N2O3S2. The molecule has 7 heteroatoms. The van der Waals surface area contributed by atoms with Crippen molar-refractivity contribution < 1.29 is 13.2 Å². The predicted octanol–water partition coefficient (Wildman–Crippen LogP) is 2.70. The van der Waals surface area contributed by atoms with Gasteiger partial charge in [0.2, 0.25) is 10.0 Å². The maximum Gasteiger partial charge on any atom is 0.262 e. The quantitative estimate of drug-likeness (QED) is 0.893. The summed E-state index contributed by atoms with van der Waals surface area (Å²) in [6, 6.07) is 1.55. The van der Waals surface area contributed by atoms with Crippen molar-refractivity contribution in [1.29, 1.82) is 0 Å². The zero-order valence-electron chi connectivity index (χ0n) is 13.3. The minimum Gasteiger partial charge on any atom is -0.349 e. The van der Waals surface area contributed by atoms with Crippen LogP contribution in [0.1, 0.15) is 49.7 Å². The number of nitrogens with zero attached hydrogens (tertiary/aromatic N) is 1. The van der Waals surface area contributed by atoms with Crippen molar-refractivity contribution in [2.75, 3.05) is 13.1 Å². The van der Waals surface area contributed by atoms with E-state index in [1.54, 1.807) is 11.4 Å². The Labute approximate surface area is 136 Å². The first-order chi connectivity index (χ1) is 10.3. The zero-order chi connectivity index (χ0) is 16.3. The third kappa shape index (κ3) is 3.70. The molecule has 2 rings (SSSR count). The number of nitrogens with one attached hydrogen (secondary N) is 1. The molecule has 0 saturated carbocycles. The van der Waals surface area contributed by atoms with Crippen LogP contribution in [0.2, 0.25) is 0 Å². The lowest BCUT2D eigenvalue weighted by atomic mass is 10.1. The smallest absolute Gasteiger partial charge is 0.262 e. The Morgan fingerprint density at radius 2 is 1.86 bits per heavy atom. The molecule has 2 heterocycles. The summed E-state index contributed by atoms with van der Waals surface area (Å²) in [7, 11) is -3.57. The second-order valence-corrected chi connectivity index (χ2v) is 8.91. The lowest BCUT2D eigenvalue weighted by molar-refractivity contribution is 0.0931. The Morgan fingerprint density at radius 3 is 2.45 bits per heavy atom. The number of sulfonamides is 1. The molecule has 1 N–H and O–H groups in total. The van der Waals surface area contributed by atoms with Crippen molar-refractivity contribution in [3.63, 3.8) is 0 Å². The molecule has 0 aliphatic carbocycles. The van der Waals surface area contributed by atoms with Crippen LogP contribution in [0.4, 0.5) is 0 Å². The van der Waals surface area contributed by atoms with Crippen LogP contribution in [0.5, 0.6) is 0 Å². The van der Waals surface area contributed by atoms with Gasteiger partial charge in [-0.15, -0.1) is 11.3 Å². The normalized spacial score (nSPS) is 18.4. The van der Waals surface area contributed by atoms with Gasteiger partial charge in [-0.2, -0.15) is 4.31 Å². The van der Waals surface area contributed by atoms with Gasteiger partial charge in [0.1, 0.15) is 9.77 Å². The molecule has 1 fully saturated rings. The highest BCUT2D eigenvalue weighted by Gasteiger charge is 2.31. The summed E-state index contributed by atoms with van der Waals surface area (Å²) in [5.41, 5.74) is 0. The highest BCUT2D eigenvalue weighted by molar-refractivity contribution is 7.89. The van der Waals surface area contributed by atoms with Crippen molar-refractivity contribution in [2.24, 2.45) is 5.92 Å². The number of thiophene rings is 1. The molecule has 1 aliphatic heterocycles. The fraction of sp³-hybridized carbons (Fsp3) is 0.667. The van der Waals surface area contributed by atoms with E-state index in [4.69, 9.17) is 0 Å². The fourth-order valence-electron chi connectivity index (χ4n) is 2.35. The van der Waals surface area contributed by atoms with E-state index in [2.05, 4.69) is 5.32 Å². The summed E-state index contributed by atoms with van der Waals surface area (Å²) in [4.78, 5) is 12.8. The number of amides is 1. The summed E-state index contributed by atoms with van der Waals surface area (Å²) in [6.07, 6.45) is 2.83. The third-order valence-corrected chi connectivity index (χ3v) is 7.11. The van der Waals surface area contributed by atoms with E-state index in [1.165, 1.54) is 15.6 Å². The highest BCUT2D eigenvalue weighted by atomic mass is 32.2. The van der Waals surface area contributed by atoms with Gasteiger partial charge in [-0.05, 0) is 37.1 Å². The maximum absolute atomic E-state index is 12.7. The molecule has 1 amide bonds. The number of piperidine rings is 1. The van der Waals surface area contributed by atoms with E-state index in [0.717, 1.165) is 19.3 Å². The van der Waals surface area contributed by atoms with Gasteiger partial charge >= 0.3 is 0 Å². The van der Waals surface area contributed by atoms with Crippen LogP contribution in [0, 0.1) is 5.92 Å². The van der Waals surface area contributed by atoms with Gasteiger partial charge in [0.05, 0.1) is 0 Å². The Morgan fingerprint density at radius 1 is 1.23 bits per heavy atom. The molecule has 1 aromatic heterocycles. The van der Waals surface area contributed by atoms with Crippen molar-refractivity contribution in [2.45, 2.75) is 51.0 Å². The molecule has 1 unspecified atom stereocenters. The molecule has 1 atom stereocenters. The van der Waals surface area contributed by atoms with Crippen LogP contribution in [-0.4, -0.2) is 37.8 Å². The van der Waals surface area contributed by atoms with E-state index in [9.17, 15) is 13.2 Å². The van der Waals surface area contributed by atoms with Crippen LogP contribution < -0.4 is 5.32 Å². The summed E-state index contributed by atoms with van der Waals surface area (Å²) in [5.74, 6) is -0.00199. The number of rotatable bonds is 5. The Bertz CT molecular complexity index is 616. The van der Waals surface area contributed by atoms with Gasteiger partial charge in [0.25, 0.3) is 5.91 Å². The molecule has 0 aromatic carbocycles. The maximum atomic E-state index is 12.7. The zero-order valence-corrected chi connectivity index (χ0v) is 15.0. The minimum absolute atomic E-state index is 0.000130. The van der Waals surface area contributed by atoms with Gasteiger partial charge < -0.3 is 5.32 Å². The largest absolute Gasteiger partial charge is 0.349 e. The van der Waals surface area contributed by atoms with E-state index in [-0.39, 0.29) is 21.7 Å². The van der Waals surface area contributed by atoms with E-state index < -0.39 is 10.0 Å². The number of hydrogen-bond acceptors (Lipinski definition) is 4. The molecule has 0 radical (unpaired) electrons. The van der Waals surface area contributed by atoms with Crippen LogP contribution in [0.3, 0.4) is 0 Å². The van der Waals surface area contributed by atoms with E-state index in [0.29, 0.717) is 19.0 Å². The van der Waals surface area contributed by atoms with Crippen LogP contribution >= 0.6 is 11.3 Å². The number of carbonyl (C=O) groups excluding carboxylic acids is 1. The molecule has 5 nitrogen and oxygen atoms in total. The fourth-order valence-corrected chi connectivity index (χ4v) is 5.17. The molecule has 0 bridgehead atoms. The Balaban J connectivity index is 2.23. The second-order valence-electron chi connectivity index (χ2n) is 6.08. The van der Waals surface area contributed by atoms with Crippen LogP contribution in [0.25, 0.3) is 0 Å². The van der Waals surface area contributed by atoms with Crippen LogP contribution in [-0.2, 0) is 10.0 Å². The van der Waals surface area contributed by atoms with E-state index >= 15 is 0 Å². The number of hydrogen-bond donors (Lipinski definition) is 1. The molecule has 1 saturated heterocycles. The van der Waals surface area contributed by atoms with Gasteiger partial charge in [0.15, 0.2) is 0 Å². The first-order valence-corrected chi connectivity index (χ1v) is 10.0. The van der Waals surface area contributed by atoms with Crippen molar-refractivity contribution in [1.82, 2.24) is 9.62 Å². The first kappa shape index (κ1) is 17.4. The first-order valence-electron chi connectivity index (χ1n) is 7.72. The van der Waals surface area contributed by atoms with Crippen LogP contribution in [0.15, 0.2) is 16.3 Å². The second kappa shape index (κ2) is 7.10. The monoisotopic (exact) mass is 344 g/mol.